The molecule has 0 radical (unpaired) electrons. The third-order valence-electron chi connectivity index (χ3n) is 3.02. The molecular formula is C15H33NO. The summed E-state index contributed by atoms with van der Waals surface area (Å²) in [6.07, 6.45) is 2.72. The van der Waals surface area contributed by atoms with Crippen molar-refractivity contribution in [3.8, 4) is 0 Å². The van der Waals surface area contributed by atoms with Gasteiger partial charge in [-0.25, -0.2) is 0 Å². The first-order valence-corrected chi connectivity index (χ1v) is 7.32. The van der Waals surface area contributed by atoms with E-state index in [9.17, 15) is 0 Å². The SMILES string of the molecule is CC.CC(C)C.CC(C)N1CCCC12COC2. The van der Waals surface area contributed by atoms with Crippen LogP contribution in [0.3, 0.4) is 0 Å². The molecule has 2 saturated heterocycles. The highest BCUT2D eigenvalue weighted by Crippen LogP contribution is 2.36. The fraction of sp³-hybridized carbons (Fsp3) is 1.00. The monoisotopic (exact) mass is 243 g/mol. The molecule has 0 atom stereocenters. The number of hydrogen-bond donors (Lipinski definition) is 0. The second kappa shape index (κ2) is 8.10. The van der Waals surface area contributed by atoms with Crippen LogP contribution in [0, 0.1) is 5.92 Å². The Bertz CT molecular complexity index is 183. The van der Waals surface area contributed by atoms with Crippen molar-refractivity contribution in [2.45, 2.75) is 72.9 Å². The van der Waals surface area contributed by atoms with Gasteiger partial charge in [-0.2, -0.15) is 0 Å². The average Bonchev–Trinajstić information content (AvgIpc) is 2.63. The van der Waals surface area contributed by atoms with Crippen LogP contribution in [0.15, 0.2) is 0 Å². The fourth-order valence-corrected chi connectivity index (χ4v) is 2.41. The highest BCUT2D eigenvalue weighted by Gasteiger charge is 2.47. The molecule has 2 nitrogen and oxygen atoms in total. The molecule has 104 valence electrons. The quantitative estimate of drug-likeness (QED) is 0.691. The molecule has 2 aliphatic heterocycles. The average molecular weight is 243 g/mol. The van der Waals surface area contributed by atoms with Crippen molar-refractivity contribution >= 4 is 0 Å². The molecule has 17 heavy (non-hydrogen) atoms. The molecule has 2 heterocycles. The molecule has 0 amide bonds. The number of nitrogens with zero attached hydrogens (tertiary/aromatic N) is 1. The second-order valence-electron chi connectivity index (χ2n) is 5.84. The van der Waals surface area contributed by atoms with E-state index in [2.05, 4.69) is 39.5 Å². The van der Waals surface area contributed by atoms with E-state index >= 15 is 0 Å². The number of ether oxygens (including phenoxy) is 1. The molecule has 0 aromatic heterocycles. The summed E-state index contributed by atoms with van der Waals surface area (Å²) in [5, 5.41) is 0. The van der Waals surface area contributed by atoms with Crippen LogP contribution in [0.1, 0.15) is 61.3 Å². The highest BCUT2D eigenvalue weighted by molar-refractivity contribution is 5.01. The van der Waals surface area contributed by atoms with Gasteiger partial charge in [-0.3, -0.25) is 4.90 Å². The summed E-state index contributed by atoms with van der Waals surface area (Å²) in [6.45, 7) is 18.3. The van der Waals surface area contributed by atoms with Gasteiger partial charge in [0, 0.05) is 6.04 Å². The summed E-state index contributed by atoms with van der Waals surface area (Å²) < 4.78 is 5.30. The van der Waals surface area contributed by atoms with E-state index in [0.717, 1.165) is 19.1 Å². The van der Waals surface area contributed by atoms with Crippen LogP contribution < -0.4 is 0 Å². The third kappa shape index (κ3) is 4.97. The van der Waals surface area contributed by atoms with E-state index in [4.69, 9.17) is 4.74 Å². The van der Waals surface area contributed by atoms with Crippen molar-refractivity contribution in [2.24, 2.45) is 5.92 Å². The van der Waals surface area contributed by atoms with E-state index in [1.165, 1.54) is 19.4 Å². The number of likely N-dealkylation sites (tertiary alicyclic amines) is 1. The van der Waals surface area contributed by atoms with Crippen LogP contribution in [0.4, 0.5) is 0 Å². The first-order valence-electron chi connectivity index (χ1n) is 7.32. The fourth-order valence-electron chi connectivity index (χ4n) is 2.41. The molecule has 0 unspecified atom stereocenters. The molecule has 0 aromatic rings. The second-order valence-corrected chi connectivity index (χ2v) is 5.84. The topological polar surface area (TPSA) is 12.5 Å². The van der Waals surface area contributed by atoms with Crippen LogP contribution in [0.2, 0.25) is 0 Å². The predicted octanol–water partition coefficient (Wildman–Crippen LogP) is 3.95. The lowest BCUT2D eigenvalue weighted by Crippen LogP contribution is -2.60. The maximum Gasteiger partial charge on any atom is 0.0681 e. The van der Waals surface area contributed by atoms with E-state index in [1.54, 1.807) is 0 Å². The molecule has 0 bridgehead atoms. The first-order chi connectivity index (χ1) is 7.98. The van der Waals surface area contributed by atoms with Crippen molar-refractivity contribution in [1.82, 2.24) is 4.90 Å². The summed E-state index contributed by atoms with van der Waals surface area (Å²) in [5.74, 6) is 0.833. The minimum atomic E-state index is 0.466. The van der Waals surface area contributed by atoms with Gasteiger partial charge < -0.3 is 4.74 Å². The molecule has 2 fully saturated rings. The third-order valence-corrected chi connectivity index (χ3v) is 3.02. The van der Waals surface area contributed by atoms with Crippen molar-refractivity contribution in [3.05, 3.63) is 0 Å². The largest absolute Gasteiger partial charge is 0.377 e. The van der Waals surface area contributed by atoms with Crippen LogP contribution in [-0.4, -0.2) is 36.2 Å². The Kier molecular flexibility index (Phi) is 8.06. The Labute approximate surface area is 109 Å². The van der Waals surface area contributed by atoms with E-state index < -0.39 is 0 Å². The zero-order chi connectivity index (χ0) is 13.5. The molecule has 0 aromatic carbocycles. The molecule has 2 aliphatic rings. The summed E-state index contributed by atoms with van der Waals surface area (Å²) in [4.78, 5) is 2.61. The first kappa shape index (κ1) is 16.9. The van der Waals surface area contributed by atoms with Gasteiger partial charge in [-0.05, 0) is 39.2 Å². The maximum absolute atomic E-state index is 5.30. The zero-order valence-electron chi connectivity index (χ0n) is 13.0. The van der Waals surface area contributed by atoms with Crippen LogP contribution >= 0.6 is 0 Å². The molecule has 0 N–H and O–H groups in total. The zero-order valence-corrected chi connectivity index (χ0v) is 13.0. The van der Waals surface area contributed by atoms with Crippen LogP contribution in [0.25, 0.3) is 0 Å². The summed E-state index contributed by atoms with van der Waals surface area (Å²) in [6, 6.07) is 0.696. The minimum absolute atomic E-state index is 0.466. The predicted molar refractivity (Wildman–Crippen MR) is 76.5 cm³/mol. The Balaban J connectivity index is 0.000000368. The van der Waals surface area contributed by atoms with E-state index in [1.807, 2.05) is 13.8 Å². The Morgan fingerprint density at radius 2 is 1.47 bits per heavy atom. The molecule has 2 rings (SSSR count). The molecule has 2 heteroatoms. The van der Waals surface area contributed by atoms with Crippen LogP contribution in [-0.2, 0) is 4.74 Å². The molecular weight excluding hydrogens is 210 g/mol. The Hall–Kier alpha value is -0.0800. The van der Waals surface area contributed by atoms with Gasteiger partial charge >= 0.3 is 0 Å². The van der Waals surface area contributed by atoms with Gasteiger partial charge in [-0.15, -0.1) is 0 Å². The molecule has 1 spiro atoms. The summed E-state index contributed by atoms with van der Waals surface area (Å²) in [7, 11) is 0. The van der Waals surface area contributed by atoms with Crippen LogP contribution in [0.5, 0.6) is 0 Å². The van der Waals surface area contributed by atoms with Gasteiger partial charge in [0.05, 0.1) is 18.8 Å². The van der Waals surface area contributed by atoms with Gasteiger partial charge in [0.2, 0.25) is 0 Å². The maximum atomic E-state index is 5.30. The lowest BCUT2D eigenvalue weighted by molar-refractivity contribution is -0.131. The van der Waals surface area contributed by atoms with Crippen molar-refractivity contribution < 1.29 is 4.74 Å². The lowest BCUT2D eigenvalue weighted by atomic mass is 9.93. The van der Waals surface area contributed by atoms with Crippen molar-refractivity contribution in [2.75, 3.05) is 19.8 Å². The van der Waals surface area contributed by atoms with Gasteiger partial charge in [0.25, 0.3) is 0 Å². The minimum Gasteiger partial charge on any atom is -0.377 e. The smallest absolute Gasteiger partial charge is 0.0681 e. The van der Waals surface area contributed by atoms with Crippen molar-refractivity contribution in [1.29, 1.82) is 0 Å². The Morgan fingerprint density at radius 1 is 1.00 bits per heavy atom. The normalized spacial score (nSPS) is 21.7. The van der Waals surface area contributed by atoms with E-state index in [0.29, 0.717) is 11.6 Å². The summed E-state index contributed by atoms with van der Waals surface area (Å²) in [5.41, 5.74) is 0.466. The lowest BCUT2D eigenvalue weighted by Gasteiger charge is -2.47. The van der Waals surface area contributed by atoms with E-state index in [-0.39, 0.29) is 0 Å². The number of hydrogen-bond acceptors (Lipinski definition) is 2. The molecule has 0 aliphatic carbocycles. The van der Waals surface area contributed by atoms with Gasteiger partial charge in [-0.1, -0.05) is 34.6 Å². The standard InChI is InChI=1S/C9H17NO.C4H10.C2H6/c1-8(2)10-5-3-4-9(10)6-11-7-9;1-4(2)3;1-2/h8H,3-7H2,1-2H3;4H,1-3H3;1-2H3. The van der Waals surface area contributed by atoms with Gasteiger partial charge in [0.1, 0.15) is 0 Å². The van der Waals surface area contributed by atoms with Gasteiger partial charge in [0.15, 0.2) is 0 Å². The number of rotatable bonds is 1. The van der Waals surface area contributed by atoms with Crippen molar-refractivity contribution in [3.63, 3.8) is 0 Å². The molecule has 0 saturated carbocycles. The summed E-state index contributed by atoms with van der Waals surface area (Å²) >= 11 is 0. The Morgan fingerprint density at radius 3 is 1.71 bits per heavy atom. The highest BCUT2D eigenvalue weighted by atomic mass is 16.5.